The van der Waals surface area contributed by atoms with Gasteiger partial charge in [-0.05, 0) is 38.2 Å². The summed E-state index contributed by atoms with van der Waals surface area (Å²) >= 11 is 0. The molecule has 1 N–H and O–H groups in total. The van der Waals surface area contributed by atoms with Crippen molar-refractivity contribution < 1.29 is 17.6 Å². The predicted octanol–water partition coefficient (Wildman–Crippen LogP) is 3.60. The number of aromatic nitrogens is 1. The number of carbonyl (C=O) groups is 1. The molecule has 0 saturated carbocycles. The number of carbonyl (C=O) groups excluding carboxylic acids is 1. The summed E-state index contributed by atoms with van der Waals surface area (Å²) in [6, 6.07) is 12.9. The maximum Gasteiger partial charge on any atom is 0.239 e. The van der Waals surface area contributed by atoms with Gasteiger partial charge in [0.25, 0.3) is 0 Å². The number of rotatable bonds is 11. The highest BCUT2D eigenvalue weighted by molar-refractivity contribution is 7.90. The van der Waals surface area contributed by atoms with Gasteiger partial charge < -0.3 is 14.8 Å². The Hall–Kier alpha value is -2.71. The standard InChI is InChI=1S/C24H30FN3O3S/c1-3-27(4-2)15-9-14-26-24(29)17-28-16-23(20-11-6-8-13-22(20)28)32(30,31)18-19-10-5-7-12-21(19)25/h5-8,10-13,16H,3-4,9,14-15,17-18H2,1-2H3,(H,26,29). The highest BCUT2D eigenvalue weighted by Crippen LogP contribution is 2.28. The van der Waals surface area contributed by atoms with Gasteiger partial charge >= 0.3 is 0 Å². The molecule has 1 heterocycles. The number of nitrogens with one attached hydrogen (secondary N) is 1. The van der Waals surface area contributed by atoms with E-state index in [1.807, 2.05) is 0 Å². The van der Waals surface area contributed by atoms with Crippen molar-refractivity contribution in [3.05, 3.63) is 66.1 Å². The average Bonchev–Trinajstić information content (AvgIpc) is 3.15. The zero-order valence-electron chi connectivity index (χ0n) is 18.6. The molecule has 172 valence electrons. The van der Waals surface area contributed by atoms with Crippen LogP contribution in [-0.2, 0) is 26.9 Å². The Morgan fingerprint density at radius 2 is 1.75 bits per heavy atom. The SMILES string of the molecule is CCN(CC)CCCNC(=O)Cn1cc(S(=O)(=O)Cc2ccccc2F)c2ccccc21. The van der Waals surface area contributed by atoms with Crippen molar-refractivity contribution in [1.82, 2.24) is 14.8 Å². The topological polar surface area (TPSA) is 71.4 Å². The minimum atomic E-state index is -3.81. The first-order valence-electron chi connectivity index (χ1n) is 10.9. The molecule has 0 aliphatic carbocycles. The van der Waals surface area contributed by atoms with Crippen LogP contribution in [-0.4, -0.2) is 50.0 Å². The summed E-state index contributed by atoms with van der Waals surface area (Å²) in [5.41, 5.74) is 0.771. The third-order valence-corrected chi connectivity index (χ3v) is 7.26. The Morgan fingerprint density at radius 1 is 1.06 bits per heavy atom. The number of hydrogen-bond acceptors (Lipinski definition) is 4. The molecule has 3 aromatic rings. The number of fused-ring (bicyclic) bond motifs is 1. The summed E-state index contributed by atoms with van der Waals surface area (Å²) in [5.74, 6) is -1.17. The van der Waals surface area contributed by atoms with Gasteiger partial charge in [0, 0.05) is 29.2 Å². The summed E-state index contributed by atoms with van der Waals surface area (Å²) in [4.78, 5) is 14.9. The van der Waals surface area contributed by atoms with Crippen molar-refractivity contribution in [2.75, 3.05) is 26.2 Å². The molecule has 1 aromatic heterocycles. The lowest BCUT2D eigenvalue weighted by Crippen LogP contribution is -2.31. The molecule has 0 atom stereocenters. The maximum atomic E-state index is 14.0. The van der Waals surface area contributed by atoms with Crippen molar-refractivity contribution in [2.45, 2.75) is 37.5 Å². The third kappa shape index (κ3) is 5.75. The Morgan fingerprint density at radius 3 is 2.47 bits per heavy atom. The minimum Gasteiger partial charge on any atom is -0.355 e. The highest BCUT2D eigenvalue weighted by Gasteiger charge is 2.23. The summed E-state index contributed by atoms with van der Waals surface area (Å²) in [6.07, 6.45) is 2.33. The van der Waals surface area contributed by atoms with Crippen LogP contribution in [0.5, 0.6) is 0 Å². The van der Waals surface area contributed by atoms with Crippen LogP contribution >= 0.6 is 0 Å². The van der Waals surface area contributed by atoms with Gasteiger partial charge in [0.1, 0.15) is 12.4 Å². The largest absolute Gasteiger partial charge is 0.355 e. The van der Waals surface area contributed by atoms with Crippen molar-refractivity contribution in [3.8, 4) is 0 Å². The first-order chi connectivity index (χ1) is 15.4. The van der Waals surface area contributed by atoms with E-state index in [0.717, 1.165) is 26.1 Å². The predicted molar refractivity (Wildman–Crippen MR) is 125 cm³/mol. The van der Waals surface area contributed by atoms with Gasteiger partial charge in [-0.3, -0.25) is 4.79 Å². The van der Waals surface area contributed by atoms with Crippen LogP contribution < -0.4 is 5.32 Å². The Bertz CT molecular complexity index is 1170. The lowest BCUT2D eigenvalue weighted by molar-refractivity contribution is -0.121. The number of nitrogens with zero attached hydrogens (tertiary/aromatic N) is 2. The number of benzene rings is 2. The first kappa shape index (κ1) is 23.9. The number of halogens is 1. The zero-order valence-corrected chi connectivity index (χ0v) is 19.4. The van der Waals surface area contributed by atoms with E-state index in [1.165, 1.54) is 24.4 Å². The lowest BCUT2D eigenvalue weighted by Gasteiger charge is -2.17. The van der Waals surface area contributed by atoms with Gasteiger partial charge in [-0.25, -0.2) is 12.8 Å². The number of sulfone groups is 1. The molecular formula is C24H30FN3O3S. The summed E-state index contributed by atoms with van der Waals surface area (Å²) in [6.45, 7) is 7.66. The third-order valence-electron chi connectivity index (χ3n) is 5.57. The van der Waals surface area contributed by atoms with Crippen LogP contribution in [0.4, 0.5) is 4.39 Å². The van der Waals surface area contributed by atoms with Gasteiger partial charge in [-0.1, -0.05) is 50.2 Å². The van der Waals surface area contributed by atoms with Gasteiger partial charge in [-0.15, -0.1) is 0 Å². The molecule has 0 aliphatic heterocycles. The fourth-order valence-electron chi connectivity index (χ4n) is 3.77. The normalized spacial score (nSPS) is 11.9. The first-order valence-corrected chi connectivity index (χ1v) is 12.5. The van der Waals surface area contributed by atoms with Crippen molar-refractivity contribution >= 4 is 26.6 Å². The van der Waals surface area contributed by atoms with E-state index in [-0.39, 0.29) is 22.9 Å². The second-order valence-corrected chi connectivity index (χ2v) is 9.68. The Kier molecular flexibility index (Phi) is 8.04. The van der Waals surface area contributed by atoms with E-state index in [0.29, 0.717) is 17.4 Å². The molecule has 0 saturated heterocycles. The average molecular weight is 460 g/mol. The van der Waals surface area contributed by atoms with Crippen molar-refractivity contribution in [2.24, 2.45) is 0 Å². The molecule has 0 spiro atoms. The molecule has 3 rings (SSSR count). The van der Waals surface area contributed by atoms with E-state index < -0.39 is 21.4 Å². The van der Waals surface area contributed by atoms with Crippen LogP contribution in [0.15, 0.2) is 59.6 Å². The zero-order chi connectivity index (χ0) is 23.1. The minimum absolute atomic E-state index is 0.0149. The van der Waals surface area contributed by atoms with Gasteiger partial charge in [0.15, 0.2) is 9.84 Å². The highest BCUT2D eigenvalue weighted by atomic mass is 32.2. The van der Waals surface area contributed by atoms with Crippen LogP contribution in [0.2, 0.25) is 0 Å². The summed E-state index contributed by atoms with van der Waals surface area (Å²) in [7, 11) is -3.81. The Balaban J connectivity index is 1.76. The summed E-state index contributed by atoms with van der Waals surface area (Å²) in [5, 5.41) is 3.44. The molecule has 1 amide bonds. The molecule has 0 unspecified atom stereocenters. The van der Waals surface area contributed by atoms with Gasteiger partial charge in [-0.2, -0.15) is 0 Å². The number of hydrogen-bond donors (Lipinski definition) is 1. The van der Waals surface area contributed by atoms with Crippen LogP contribution in [0, 0.1) is 5.82 Å². The molecular weight excluding hydrogens is 429 g/mol. The monoisotopic (exact) mass is 459 g/mol. The molecule has 0 radical (unpaired) electrons. The number of amides is 1. The summed E-state index contributed by atoms with van der Waals surface area (Å²) < 4.78 is 41.9. The van der Waals surface area contributed by atoms with Crippen LogP contribution in [0.3, 0.4) is 0 Å². The van der Waals surface area contributed by atoms with Crippen molar-refractivity contribution in [1.29, 1.82) is 0 Å². The maximum absolute atomic E-state index is 14.0. The molecule has 0 aliphatic rings. The fraction of sp³-hybridized carbons (Fsp3) is 0.375. The van der Waals surface area contributed by atoms with E-state index >= 15 is 0 Å². The Labute approximate surface area is 189 Å². The smallest absolute Gasteiger partial charge is 0.239 e. The van der Waals surface area contributed by atoms with E-state index in [4.69, 9.17) is 0 Å². The van der Waals surface area contributed by atoms with E-state index in [9.17, 15) is 17.6 Å². The van der Waals surface area contributed by atoms with Gasteiger partial charge in [0.05, 0.1) is 10.6 Å². The van der Waals surface area contributed by atoms with Crippen molar-refractivity contribution in [3.63, 3.8) is 0 Å². The second-order valence-electron chi connectivity index (χ2n) is 7.72. The second kappa shape index (κ2) is 10.7. The van der Waals surface area contributed by atoms with Crippen LogP contribution in [0.1, 0.15) is 25.8 Å². The molecule has 2 aromatic carbocycles. The van der Waals surface area contributed by atoms with Gasteiger partial charge in [0.2, 0.25) is 5.91 Å². The molecule has 0 fully saturated rings. The quantitative estimate of drug-likeness (QED) is 0.445. The van der Waals surface area contributed by atoms with Crippen LogP contribution in [0.25, 0.3) is 10.9 Å². The molecule has 32 heavy (non-hydrogen) atoms. The van der Waals surface area contributed by atoms with E-state index in [1.54, 1.807) is 34.9 Å². The van der Waals surface area contributed by atoms with E-state index in [2.05, 4.69) is 24.1 Å². The molecule has 0 bridgehead atoms. The number of para-hydroxylation sites is 1. The molecule has 8 heteroatoms. The molecule has 6 nitrogen and oxygen atoms in total. The fourth-order valence-corrected chi connectivity index (χ4v) is 5.37. The lowest BCUT2D eigenvalue weighted by atomic mass is 10.2.